The third kappa shape index (κ3) is 3.37. The van der Waals surface area contributed by atoms with Crippen molar-refractivity contribution in [3.05, 3.63) is 54.7 Å². The Bertz CT molecular complexity index is 823. The number of piperazine rings is 1. The number of nitrogens with zero attached hydrogens (tertiary/aromatic N) is 6. The number of hydrogen-bond donors (Lipinski definition) is 1. The number of nitrogens with one attached hydrogen (secondary N) is 1. The van der Waals surface area contributed by atoms with Crippen molar-refractivity contribution in [3.8, 4) is 0 Å². The van der Waals surface area contributed by atoms with Crippen LogP contribution in [0.15, 0.2) is 49.1 Å². The average Bonchev–Trinajstić information content (AvgIpc) is 3.10. The van der Waals surface area contributed by atoms with Crippen LogP contribution < -0.4 is 10.2 Å². The minimum absolute atomic E-state index is 0.0642. The van der Waals surface area contributed by atoms with E-state index in [2.05, 4.69) is 25.2 Å². The Morgan fingerprint density at radius 1 is 1.08 bits per heavy atom. The summed E-state index contributed by atoms with van der Waals surface area (Å²) in [5.41, 5.74) is 1.72. The topological polar surface area (TPSA) is 78.7 Å². The Kier molecular flexibility index (Phi) is 4.16. The molecule has 0 bridgehead atoms. The molecule has 0 saturated carbocycles. The number of anilines is 1. The number of rotatable bonds is 3. The first-order chi connectivity index (χ1) is 12.3. The van der Waals surface area contributed by atoms with E-state index in [4.69, 9.17) is 0 Å². The lowest BCUT2D eigenvalue weighted by molar-refractivity contribution is 0.193. The van der Waals surface area contributed by atoms with Gasteiger partial charge in [-0.15, -0.1) is 0 Å². The number of urea groups is 1. The average molecular weight is 337 g/mol. The second-order valence-electron chi connectivity index (χ2n) is 5.88. The zero-order chi connectivity index (χ0) is 17.1. The normalized spacial score (nSPS) is 14.7. The van der Waals surface area contributed by atoms with Crippen molar-refractivity contribution in [2.75, 3.05) is 31.1 Å². The monoisotopic (exact) mass is 337 g/mol. The number of imidazole rings is 1. The molecular formula is C17H19N7O. The molecule has 1 N–H and O–H groups in total. The summed E-state index contributed by atoms with van der Waals surface area (Å²) in [6, 6.07) is 7.57. The standard InChI is InChI=1S/C17H19N7O/c25-17(20-12-14-13-24-7-2-1-4-15(24)21-14)23-10-8-22(9-11-23)16-18-5-3-6-19-16/h1-7,13H,8-12H2,(H,20,25). The Morgan fingerprint density at radius 3 is 2.64 bits per heavy atom. The molecule has 25 heavy (non-hydrogen) atoms. The van der Waals surface area contributed by atoms with Gasteiger partial charge in [-0.3, -0.25) is 0 Å². The highest BCUT2D eigenvalue weighted by Crippen LogP contribution is 2.10. The highest BCUT2D eigenvalue weighted by atomic mass is 16.2. The van der Waals surface area contributed by atoms with Crippen LogP contribution >= 0.6 is 0 Å². The van der Waals surface area contributed by atoms with Crippen LogP contribution in [0.3, 0.4) is 0 Å². The molecule has 8 nitrogen and oxygen atoms in total. The van der Waals surface area contributed by atoms with Gasteiger partial charge in [0.2, 0.25) is 5.95 Å². The van der Waals surface area contributed by atoms with Gasteiger partial charge < -0.3 is 19.5 Å². The summed E-state index contributed by atoms with van der Waals surface area (Å²) < 4.78 is 1.94. The molecule has 2 amide bonds. The Balaban J connectivity index is 1.30. The molecule has 3 aromatic rings. The van der Waals surface area contributed by atoms with E-state index >= 15 is 0 Å². The molecule has 0 atom stereocenters. The molecule has 0 aromatic carbocycles. The van der Waals surface area contributed by atoms with Crippen LogP contribution in [0.5, 0.6) is 0 Å². The van der Waals surface area contributed by atoms with E-state index in [0.29, 0.717) is 25.6 Å². The third-order valence-electron chi connectivity index (χ3n) is 4.24. The van der Waals surface area contributed by atoms with Gasteiger partial charge >= 0.3 is 6.03 Å². The van der Waals surface area contributed by atoms with Gasteiger partial charge in [0.15, 0.2) is 0 Å². The molecule has 4 heterocycles. The SMILES string of the molecule is O=C(NCc1cn2ccccc2n1)N1CCN(c2ncccn2)CC1. The van der Waals surface area contributed by atoms with Gasteiger partial charge in [0.1, 0.15) is 5.65 Å². The zero-order valence-corrected chi connectivity index (χ0v) is 13.7. The highest BCUT2D eigenvalue weighted by Gasteiger charge is 2.22. The van der Waals surface area contributed by atoms with Gasteiger partial charge in [0, 0.05) is 51.0 Å². The summed E-state index contributed by atoms with van der Waals surface area (Å²) in [6.07, 6.45) is 7.34. The summed E-state index contributed by atoms with van der Waals surface area (Å²) in [6.45, 7) is 3.17. The van der Waals surface area contributed by atoms with Crippen molar-refractivity contribution in [2.24, 2.45) is 0 Å². The molecule has 1 fully saturated rings. The lowest BCUT2D eigenvalue weighted by Gasteiger charge is -2.34. The number of aromatic nitrogens is 4. The van der Waals surface area contributed by atoms with Crippen molar-refractivity contribution in [1.82, 2.24) is 29.6 Å². The molecule has 128 valence electrons. The lowest BCUT2D eigenvalue weighted by atomic mass is 10.3. The third-order valence-corrected chi connectivity index (χ3v) is 4.24. The van der Waals surface area contributed by atoms with E-state index in [-0.39, 0.29) is 6.03 Å². The fraction of sp³-hybridized carbons (Fsp3) is 0.294. The van der Waals surface area contributed by atoms with E-state index in [1.165, 1.54) is 0 Å². The Hall–Kier alpha value is -3.16. The smallest absolute Gasteiger partial charge is 0.317 e. The molecule has 1 aliphatic heterocycles. The predicted octanol–water partition coefficient (Wildman–Crippen LogP) is 1.16. The number of hydrogen-bond acceptors (Lipinski definition) is 5. The van der Waals surface area contributed by atoms with Crippen LogP contribution in [-0.2, 0) is 6.54 Å². The molecule has 3 aromatic heterocycles. The largest absolute Gasteiger partial charge is 0.337 e. The van der Waals surface area contributed by atoms with Crippen molar-refractivity contribution in [1.29, 1.82) is 0 Å². The first-order valence-corrected chi connectivity index (χ1v) is 8.27. The molecule has 0 unspecified atom stereocenters. The second kappa shape index (κ2) is 6.76. The summed E-state index contributed by atoms with van der Waals surface area (Å²) in [5, 5.41) is 2.95. The molecule has 8 heteroatoms. The predicted molar refractivity (Wildman–Crippen MR) is 93.2 cm³/mol. The van der Waals surface area contributed by atoms with Crippen molar-refractivity contribution < 1.29 is 4.79 Å². The quantitative estimate of drug-likeness (QED) is 0.776. The maximum atomic E-state index is 12.4. The summed E-state index contributed by atoms with van der Waals surface area (Å²) in [4.78, 5) is 29.3. The Labute approximate surface area is 145 Å². The molecule has 0 aliphatic carbocycles. The number of amides is 2. The number of carbonyl (C=O) groups excluding carboxylic acids is 1. The number of carbonyl (C=O) groups is 1. The van der Waals surface area contributed by atoms with Gasteiger partial charge in [0.25, 0.3) is 0 Å². The van der Waals surface area contributed by atoms with Crippen LogP contribution in [-0.4, -0.2) is 56.5 Å². The van der Waals surface area contributed by atoms with Crippen LogP contribution in [0.25, 0.3) is 5.65 Å². The van der Waals surface area contributed by atoms with Gasteiger partial charge in [-0.2, -0.15) is 0 Å². The van der Waals surface area contributed by atoms with Crippen molar-refractivity contribution >= 4 is 17.6 Å². The van der Waals surface area contributed by atoms with Crippen molar-refractivity contribution in [3.63, 3.8) is 0 Å². The fourth-order valence-corrected chi connectivity index (χ4v) is 2.91. The van der Waals surface area contributed by atoms with E-state index < -0.39 is 0 Å². The van der Waals surface area contributed by atoms with Gasteiger partial charge in [0.05, 0.1) is 12.2 Å². The lowest BCUT2D eigenvalue weighted by Crippen LogP contribution is -2.52. The van der Waals surface area contributed by atoms with E-state index in [0.717, 1.165) is 24.4 Å². The number of pyridine rings is 1. The minimum atomic E-state index is -0.0642. The molecule has 0 spiro atoms. The summed E-state index contributed by atoms with van der Waals surface area (Å²) in [7, 11) is 0. The second-order valence-corrected chi connectivity index (χ2v) is 5.88. The first-order valence-electron chi connectivity index (χ1n) is 8.27. The molecule has 1 saturated heterocycles. The molecule has 1 aliphatic rings. The highest BCUT2D eigenvalue weighted by molar-refractivity contribution is 5.74. The van der Waals surface area contributed by atoms with Crippen LogP contribution in [0.4, 0.5) is 10.7 Å². The fourth-order valence-electron chi connectivity index (χ4n) is 2.91. The van der Waals surface area contributed by atoms with Crippen LogP contribution in [0.1, 0.15) is 5.69 Å². The van der Waals surface area contributed by atoms with Gasteiger partial charge in [-0.05, 0) is 18.2 Å². The van der Waals surface area contributed by atoms with Crippen LogP contribution in [0, 0.1) is 0 Å². The molecular weight excluding hydrogens is 318 g/mol. The van der Waals surface area contributed by atoms with E-state index in [9.17, 15) is 4.79 Å². The van der Waals surface area contributed by atoms with Crippen LogP contribution in [0.2, 0.25) is 0 Å². The maximum Gasteiger partial charge on any atom is 0.317 e. The molecule has 0 radical (unpaired) electrons. The minimum Gasteiger partial charge on any atom is -0.337 e. The molecule has 4 rings (SSSR count). The summed E-state index contributed by atoms with van der Waals surface area (Å²) >= 11 is 0. The van der Waals surface area contributed by atoms with Gasteiger partial charge in [-0.1, -0.05) is 6.07 Å². The zero-order valence-electron chi connectivity index (χ0n) is 13.7. The van der Waals surface area contributed by atoms with Crippen molar-refractivity contribution in [2.45, 2.75) is 6.54 Å². The number of fused-ring (bicyclic) bond motifs is 1. The maximum absolute atomic E-state index is 12.4. The van der Waals surface area contributed by atoms with E-state index in [1.54, 1.807) is 18.5 Å². The Morgan fingerprint density at radius 2 is 1.88 bits per heavy atom. The van der Waals surface area contributed by atoms with Gasteiger partial charge in [-0.25, -0.2) is 19.7 Å². The summed E-state index contributed by atoms with van der Waals surface area (Å²) in [5.74, 6) is 0.715. The first kappa shape index (κ1) is 15.4. The van der Waals surface area contributed by atoms with E-state index in [1.807, 2.05) is 39.9 Å².